The molecule has 2 heterocycles. The van der Waals surface area contributed by atoms with E-state index in [2.05, 4.69) is 20.6 Å². The first kappa shape index (κ1) is 12.7. The number of tetrazole rings is 1. The lowest BCUT2D eigenvalue weighted by molar-refractivity contribution is 0.0792. The maximum atomic E-state index is 12.1. The van der Waals surface area contributed by atoms with Crippen molar-refractivity contribution in [1.29, 1.82) is 0 Å². The highest BCUT2D eigenvalue weighted by Crippen LogP contribution is 2.18. The summed E-state index contributed by atoms with van der Waals surface area (Å²) in [7, 11) is 1.79. The number of hydrogen-bond donors (Lipinski definition) is 1. The number of hydrogen-bond acceptors (Lipinski definition) is 5. The predicted molar refractivity (Wildman–Crippen MR) is 68.6 cm³/mol. The van der Waals surface area contributed by atoms with Crippen LogP contribution in [0.15, 0.2) is 12.1 Å². The zero-order chi connectivity index (χ0) is 13.1. The molecule has 0 aliphatic heterocycles. The number of nitrogens with zero attached hydrogens (tertiary/aromatic N) is 4. The summed E-state index contributed by atoms with van der Waals surface area (Å²) in [6, 6.07) is 3.81. The van der Waals surface area contributed by atoms with Crippen LogP contribution >= 0.6 is 11.3 Å². The van der Waals surface area contributed by atoms with E-state index in [0.29, 0.717) is 12.4 Å². The summed E-state index contributed by atoms with van der Waals surface area (Å²) in [5.41, 5.74) is 0. The third-order valence-electron chi connectivity index (χ3n) is 2.65. The summed E-state index contributed by atoms with van der Waals surface area (Å²) < 4.78 is 0. The van der Waals surface area contributed by atoms with Crippen molar-refractivity contribution >= 4 is 17.2 Å². The van der Waals surface area contributed by atoms with Gasteiger partial charge < -0.3 is 4.90 Å². The van der Waals surface area contributed by atoms with Gasteiger partial charge in [-0.15, -0.1) is 21.5 Å². The molecule has 0 aliphatic carbocycles. The quantitative estimate of drug-likeness (QED) is 0.907. The van der Waals surface area contributed by atoms with Crippen LogP contribution in [0, 0.1) is 6.92 Å². The molecule has 96 valence electrons. The minimum absolute atomic E-state index is 0.0310. The van der Waals surface area contributed by atoms with Crippen molar-refractivity contribution in [1.82, 2.24) is 25.5 Å². The number of nitrogens with one attached hydrogen (secondary N) is 1. The number of thiophene rings is 1. The lowest BCUT2D eigenvalue weighted by Crippen LogP contribution is -2.30. The molecule has 2 aromatic heterocycles. The summed E-state index contributed by atoms with van der Waals surface area (Å²) >= 11 is 1.51. The van der Waals surface area contributed by atoms with Gasteiger partial charge in [0.1, 0.15) is 0 Å². The third kappa shape index (κ3) is 2.73. The number of H-pyrrole nitrogens is 1. The van der Waals surface area contributed by atoms with Crippen molar-refractivity contribution in [3.8, 4) is 0 Å². The van der Waals surface area contributed by atoms with Crippen molar-refractivity contribution in [2.45, 2.75) is 19.8 Å². The van der Waals surface area contributed by atoms with Crippen LogP contribution < -0.4 is 0 Å². The molecule has 18 heavy (non-hydrogen) atoms. The first-order valence-electron chi connectivity index (χ1n) is 5.63. The van der Waals surface area contributed by atoms with E-state index in [1.54, 1.807) is 11.9 Å². The second kappa shape index (κ2) is 5.26. The molecule has 6 nitrogen and oxygen atoms in total. The van der Waals surface area contributed by atoms with E-state index in [1.165, 1.54) is 11.3 Å². The van der Waals surface area contributed by atoms with E-state index < -0.39 is 0 Å². The average molecular weight is 265 g/mol. The Bertz CT molecular complexity index is 521. The van der Waals surface area contributed by atoms with Crippen LogP contribution in [-0.4, -0.2) is 45.0 Å². The van der Waals surface area contributed by atoms with Gasteiger partial charge in [-0.1, -0.05) is 12.1 Å². The van der Waals surface area contributed by atoms with Gasteiger partial charge in [0, 0.05) is 24.4 Å². The summed E-state index contributed by atoms with van der Waals surface area (Å²) in [6.07, 6.45) is 0. The van der Waals surface area contributed by atoms with Crippen molar-refractivity contribution in [2.24, 2.45) is 0 Å². The molecule has 0 saturated heterocycles. The smallest absolute Gasteiger partial charge is 0.263 e. The van der Waals surface area contributed by atoms with E-state index in [4.69, 9.17) is 0 Å². The molecule has 2 aromatic rings. The number of carbonyl (C=O) groups excluding carboxylic acids is 1. The van der Waals surface area contributed by atoms with Gasteiger partial charge >= 0.3 is 0 Å². The van der Waals surface area contributed by atoms with Gasteiger partial charge in [-0.05, 0) is 19.1 Å². The maximum Gasteiger partial charge on any atom is 0.263 e. The normalized spacial score (nSPS) is 12.4. The van der Waals surface area contributed by atoms with Crippen LogP contribution in [0.1, 0.15) is 33.2 Å². The molecule has 0 aromatic carbocycles. The monoisotopic (exact) mass is 265 g/mol. The third-order valence-corrected chi connectivity index (χ3v) is 3.64. The minimum Gasteiger partial charge on any atom is -0.340 e. The van der Waals surface area contributed by atoms with E-state index >= 15 is 0 Å². The molecule has 0 bridgehead atoms. The number of carbonyl (C=O) groups is 1. The van der Waals surface area contributed by atoms with Gasteiger partial charge in [-0.2, -0.15) is 5.21 Å². The van der Waals surface area contributed by atoms with Crippen LogP contribution in [0.5, 0.6) is 0 Å². The number of aryl methyl sites for hydroxylation is 1. The number of aromatic amines is 1. The van der Waals surface area contributed by atoms with Gasteiger partial charge in [0.15, 0.2) is 5.82 Å². The lowest BCUT2D eigenvalue weighted by Gasteiger charge is -2.19. The number of likely N-dealkylation sites (N-methyl/N-ethyl adjacent to an activating group) is 1. The fourth-order valence-electron chi connectivity index (χ4n) is 1.69. The molecular weight excluding hydrogens is 250 g/mol. The average Bonchev–Trinajstić information content (AvgIpc) is 2.98. The summed E-state index contributed by atoms with van der Waals surface area (Å²) in [6.45, 7) is 4.52. The van der Waals surface area contributed by atoms with Crippen LogP contribution in [0.25, 0.3) is 0 Å². The van der Waals surface area contributed by atoms with Gasteiger partial charge in [0.05, 0.1) is 4.88 Å². The minimum atomic E-state index is 0.0310. The van der Waals surface area contributed by atoms with Crippen LogP contribution in [0.3, 0.4) is 0 Å². The van der Waals surface area contributed by atoms with Gasteiger partial charge in [0.2, 0.25) is 0 Å². The van der Waals surface area contributed by atoms with E-state index in [9.17, 15) is 4.79 Å². The molecule has 0 aliphatic rings. The highest BCUT2D eigenvalue weighted by Gasteiger charge is 2.18. The highest BCUT2D eigenvalue weighted by molar-refractivity contribution is 7.13. The summed E-state index contributed by atoms with van der Waals surface area (Å²) in [5, 5.41) is 13.8. The maximum absolute atomic E-state index is 12.1. The predicted octanol–water partition coefficient (Wildman–Crippen LogP) is 1.45. The Morgan fingerprint density at radius 3 is 2.89 bits per heavy atom. The first-order valence-corrected chi connectivity index (χ1v) is 6.45. The molecule has 0 radical (unpaired) electrons. The highest BCUT2D eigenvalue weighted by atomic mass is 32.1. The topological polar surface area (TPSA) is 74.8 Å². The van der Waals surface area contributed by atoms with Crippen LogP contribution in [0.2, 0.25) is 0 Å². The number of amides is 1. The summed E-state index contributed by atoms with van der Waals surface area (Å²) in [4.78, 5) is 15.7. The zero-order valence-electron chi connectivity index (χ0n) is 10.5. The molecule has 1 N–H and O–H groups in total. The Morgan fingerprint density at radius 2 is 2.33 bits per heavy atom. The molecule has 1 atom stereocenters. The second-order valence-corrected chi connectivity index (χ2v) is 5.55. The van der Waals surface area contributed by atoms with E-state index in [0.717, 1.165) is 9.75 Å². The van der Waals surface area contributed by atoms with Gasteiger partial charge in [-0.25, -0.2) is 0 Å². The molecule has 2 rings (SSSR count). The Balaban J connectivity index is 1.99. The fourth-order valence-corrected chi connectivity index (χ4v) is 2.55. The number of rotatable bonds is 4. The second-order valence-electron chi connectivity index (χ2n) is 4.27. The van der Waals surface area contributed by atoms with E-state index in [1.807, 2.05) is 26.0 Å². The molecule has 0 saturated carbocycles. The van der Waals surface area contributed by atoms with Crippen molar-refractivity contribution in [3.63, 3.8) is 0 Å². The summed E-state index contributed by atoms with van der Waals surface area (Å²) in [5.74, 6) is 0.708. The molecule has 0 fully saturated rings. The Morgan fingerprint density at radius 1 is 1.56 bits per heavy atom. The first-order chi connectivity index (χ1) is 8.58. The van der Waals surface area contributed by atoms with Gasteiger partial charge in [0.25, 0.3) is 5.91 Å². The molecule has 7 heteroatoms. The van der Waals surface area contributed by atoms with Gasteiger partial charge in [-0.3, -0.25) is 4.79 Å². The van der Waals surface area contributed by atoms with Crippen LogP contribution in [-0.2, 0) is 0 Å². The lowest BCUT2D eigenvalue weighted by atomic mass is 10.1. The molecule has 0 spiro atoms. The number of aromatic nitrogens is 4. The fraction of sp³-hybridized carbons (Fsp3) is 0.455. The standard InChI is InChI=1S/C11H15N5OS/c1-7(10-12-14-15-13-10)6-16(3)11(17)9-5-4-8(2)18-9/h4-5,7H,6H2,1-3H3,(H,12,13,14,15). The van der Waals surface area contributed by atoms with Crippen molar-refractivity contribution in [2.75, 3.05) is 13.6 Å². The molecule has 1 amide bonds. The molecular formula is C11H15N5OS. The molecule has 1 unspecified atom stereocenters. The van der Waals surface area contributed by atoms with Crippen molar-refractivity contribution < 1.29 is 4.79 Å². The Kier molecular flexibility index (Phi) is 3.71. The van der Waals surface area contributed by atoms with E-state index in [-0.39, 0.29) is 11.8 Å². The SMILES string of the molecule is Cc1ccc(C(=O)N(C)CC(C)c2nn[nH]n2)s1. The Labute approximate surface area is 109 Å². The Hall–Kier alpha value is -1.76. The van der Waals surface area contributed by atoms with Crippen molar-refractivity contribution in [3.05, 3.63) is 27.7 Å². The largest absolute Gasteiger partial charge is 0.340 e. The van der Waals surface area contributed by atoms with Crippen LogP contribution in [0.4, 0.5) is 0 Å². The zero-order valence-corrected chi connectivity index (χ0v) is 11.4.